The molecule has 0 aliphatic heterocycles. The van der Waals surface area contributed by atoms with Gasteiger partial charge in [-0.25, -0.2) is 8.78 Å². The van der Waals surface area contributed by atoms with Gasteiger partial charge in [-0.05, 0) is 54.3 Å². The summed E-state index contributed by atoms with van der Waals surface area (Å²) in [5.41, 5.74) is 3.50. The summed E-state index contributed by atoms with van der Waals surface area (Å²) in [6.45, 7) is 3.33. The van der Waals surface area contributed by atoms with Crippen molar-refractivity contribution in [1.82, 2.24) is 10.6 Å². The summed E-state index contributed by atoms with van der Waals surface area (Å²) < 4.78 is 31.8. The summed E-state index contributed by atoms with van der Waals surface area (Å²) in [6, 6.07) is 9.77. The number of guanidine groups is 1. The molecule has 2 N–H and O–H groups in total. The molecular formula is C20H25F2N3O. The number of nitrogens with zero attached hydrogens (tertiary/aromatic N) is 1. The standard InChI is InChI=1S/C20H25F2N3O/c1-14-10-18(21)6-5-16(14)8-9-24-20(23-2)25-12-15-4-7-19(22)17(11-15)13-26-3/h4-7,10-11H,8-9,12-13H2,1-3H3,(H2,23,24,25). The molecule has 26 heavy (non-hydrogen) atoms. The number of hydrogen-bond acceptors (Lipinski definition) is 2. The van der Waals surface area contributed by atoms with Gasteiger partial charge in [0.25, 0.3) is 0 Å². The maximum absolute atomic E-state index is 13.6. The maximum Gasteiger partial charge on any atom is 0.191 e. The predicted molar refractivity (Wildman–Crippen MR) is 100 cm³/mol. The van der Waals surface area contributed by atoms with Gasteiger partial charge >= 0.3 is 0 Å². The molecule has 140 valence electrons. The van der Waals surface area contributed by atoms with Crippen molar-refractivity contribution in [2.24, 2.45) is 4.99 Å². The van der Waals surface area contributed by atoms with Gasteiger partial charge in [-0.1, -0.05) is 12.1 Å². The molecule has 0 amide bonds. The van der Waals surface area contributed by atoms with Crippen LogP contribution in [-0.4, -0.2) is 26.7 Å². The van der Waals surface area contributed by atoms with Gasteiger partial charge < -0.3 is 15.4 Å². The number of halogens is 2. The van der Waals surface area contributed by atoms with Crippen molar-refractivity contribution in [2.75, 3.05) is 20.7 Å². The number of aryl methyl sites for hydroxylation is 1. The summed E-state index contributed by atoms with van der Waals surface area (Å²) in [4.78, 5) is 4.18. The van der Waals surface area contributed by atoms with Crippen LogP contribution in [0.15, 0.2) is 41.4 Å². The SMILES string of the molecule is CN=C(NCCc1ccc(F)cc1C)NCc1ccc(F)c(COC)c1. The molecule has 2 rings (SSSR count). The average molecular weight is 361 g/mol. The third-order valence-corrected chi connectivity index (χ3v) is 4.08. The second kappa shape index (κ2) is 9.87. The zero-order valence-electron chi connectivity index (χ0n) is 15.4. The molecule has 0 saturated heterocycles. The molecule has 0 aliphatic carbocycles. The topological polar surface area (TPSA) is 45.7 Å². The molecule has 0 aromatic heterocycles. The number of ether oxygens (including phenoxy) is 1. The number of methoxy groups -OCH3 is 1. The Hall–Kier alpha value is -2.47. The van der Waals surface area contributed by atoms with E-state index in [1.807, 2.05) is 6.92 Å². The van der Waals surface area contributed by atoms with Crippen molar-refractivity contribution in [3.05, 3.63) is 70.3 Å². The number of benzene rings is 2. The highest BCUT2D eigenvalue weighted by molar-refractivity contribution is 5.79. The molecule has 6 heteroatoms. The van der Waals surface area contributed by atoms with Gasteiger partial charge in [-0.3, -0.25) is 4.99 Å². The van der Waals surface area contributed by atoms with E-state index in [2.05, 4.69) is 15.6 Å². The van der Waals surface area contributed by atoms with E-state index in [4.69, 9.17) is 4.74 Å². The Morgan fingerprint density at radius 3 is 2.58 bits per heavy atom. The predicted octanol–water partition coefficient (Wildman–Crippen LogP) is 3.33. The maximum atomic E-state index is 13.6. The third kappa shape index (κ3) is 5.81. The molecule has 0 bridgehead atoms. The van der Waals surface area contributed by atoms with Gasteiger partial charge in [0.2, 0.25) is 0 Å². The van der Waals surface area contributed by atoms with Crippen molar-refractivity contribution in [2.45, 2.75) is 26.5 Å². The Bertz CT molecular complexity index is 763. The Morgan fingerprint density at radius 2 is 1.88 bits per heavy atom. The molecule has 0 fully saturated rings. The van der Waals surface area contributed by atoms with Gasteiger partial charge in [0.1, 0.15) is 11.6 Å². The van der Waals surface area contributed by atoms with Crippen molar-refractivity contribution < 1.29 is 13.5 Å². The molecule has 0 spiro atoms. The number of rotatable bonds is 7. The lowest BCUT2D eigenvalue weighted by Crippen LogP contribution is -2.37. The Labute approximate surface area is 153 Å². The lowest BCUT2D eigenvalue weighted by molar-refractivity contribution is 0.181. The lowest BCUT2D eigenvalue weighted by Gasteiger charge is -2.13. The molecule has 0 saturated carbocycles. The highest BCUT2D eigenvalue weighted by Crippen LogP contribution is 2.12. The van der Waals surface area contributed by atoms with E-state index in [1.54, 1.807) is 32.4 Å². The molecule has 0 aliphatic rings. The number of nitrogens with one attached hydrogen (secondary N) is 2. The first-order chi connectivity index (χ1) is 12.5. The highest BCUT2D eigenvalue weighted by atomic mass is 19.1. The fourth-order valence-electron chi connectivity index (χ4n) is 2.67. The molecule has 0 atom stereocenters. The van der Waals surface area contributed by atoms with Gasteiger partial charge in [-0.2, -0.15) is 0 Å². The molecule has 0 heterocycles. The van der Waals surface area contributed by atoms with E-state index in [0.717, 1.165) is 23.1 Å². The second-order valence-electron chi connectivity index (χ2n) is 6.03. The second-order valence-corrected chi connectivity index (χ2v) is 6.03. The van der Waals surface area contributed by atoms with Crippen LogP contribution in [0.25, 0.3) is 0 Å². The van der Waals surface area contributed by atoms with Crippen LogP contribution in [0.1, 0.15) is 22.3 Å². The monoisotopic (exact) mass is 361 g/mol. The summed E-state index contributed by atoms with van der Waals surface area (Å²) >= 11 is 0. The van der Waals surface area contributed by atoms with Crippen LogP contribution in [0.2, 0.25) is 0 Å². The minimum atomic E-state index is -0.271. The summed E-state index contributed by atoms with van der Waals surface area (Å²) in [5, 5.41) is 6.43. The van der Waals surface area contributed by atoms with E-state index in [0.29, 0.717) is 24.6 Å². The Balaban J connectivity index is 1.85. The zero-order chi connectivity index (χ0) is 18.9. The molecule has 0 radical (unpaired) electrons. The fraction of sp³-hybridized carbons (Fsp3) is 0.350. The lowest BCUT2D eigenvalue weighted by atomic mass is 10.1. The highest BCUT2D eigenvalue weighted by Gasteiger charge is 2.05. The summed E-state index contributed by atoms with van der Waals surface area (Å²) in [5.74, 6) is 0.166. The summed E-state index contributed by atoms with van der Waals surface area (Å²) in [7, 11) is 3.23. The quantitative estimate of drug-likeness (QED) is 0.587. The third-order valence-electron chi connectivity index (χ3n) is 4.08. The van der Waals surface area contributed by atoms with Crippen molar-refractivity contribution >= 4 is 5.96 Å². The van der Waals surface area contributed by atoms with Crippen LogP contribution in [-0.2, 0) is 24.3 Å². The van der Waals surface area contributed by atoms with Gasteiger partial charge in [0, 0.05) is 32.8 Å². The zero-order valence-corrected chi connectivity index (χ0v) is 15.4. The van der Waals surface area contributed by atoms with E-state index in [9.17, 15) is 8.78 Å². The van der Waals surface area contributed by atoms with Crippen LogP contribution < -0.4 is 10.6 Å². The largest absolute Gasteiger partial charge is 0.380 e. The summed E-state index contributed by atoms with van der Waals surface area (Å²) in [6.07, 6.45) is 0.765. The van der Waals surface area contributed by atoms with Crippen molar-refractivity contribution in [3.63, 3.8) is 0 Å². The van der Waals surface area contributed by atoms with Crippen LogP contribution in [0.3, 0.4) is 0 Å². The van der Waals surface area contributed by atoms with Crippen LogP contribution >= 0.6 is 0 Å². The van der Waals surface area contributed by atoms with E-state index in [-0.39, 0.29) is 18.2 Å². The minimum absolute atomic E-state index is 0.219. The first-order valence-electron chi connectivity index (χ1n) is 8.49. The first kappa shape index (κ1) is 19.8. The fourth-order valence-corrected chi connectivity index (χ4v) is 2.67. The molecule has 0 unspecified atom stereocenters. The normalized spacial score (nSPS) is 11.5. The molecular weight excluding hydrogens is 336 g/mol. The molecule has 2 aromatic rings. The van der Waals surface area contributed by atoms with E-state index >= 15 is 0 Å². The Morgan fingerprint density at radius 1 is 1.08 bits per heavy atom. The van der Waals surface area contributed by atoms with E-state index < -0.39 is 0 Å². The van der Waals surface area contributed by atoms with Gasteiger partial charge in [0.15, 0.2) is 5.96 Å². The van der Waals surface area contributed by atoms with E-state index in [1.165, 1.54) is 18.2 Å². The molecule has 2 aromatic carbocycles. The van der Waals surface area contributed by atoms with Crippen LogP contribution in [0.5, 0.6) is 0 Å². The average Bonchev–Trinajstić information content (AvgIpc) is 2.62. The van der Waals surface area contributed by atoms with Gasteiger partial charge in [-0.15, -0.1) is 0 Å². The Kier molecular flexibility index (Phi) is 7.53. The first-order valence-corrected chi connectivity index (χ1v) is 8.49. The number of aliphatic imine (C=N–C) groups is 1. The molecule has 4 nitrogen and oxygen atoms in total. The van der Waals surface area contributed by atoms with Crippen LogP contribution in [0.4, 0.5) is 8.78 Å². The van der Waals surface area contributed by atoms with Gasteiger partial charge in [0.05, 0.1) is 6.61 Å². The number of hydrogen-bond donors (Lipinski definition) is 2. The smallest absolute Gasteiger partial charge is 0.191 e. The van der Waals surface area contributed by atoms with Crippen molar-refractivity contribution in [3.8, 4) is 0 Å². The minimum Gasteiger partial charge on any atom is -0.380 e. The van der Waals surface area contributed by atoms with Crippen molar-refractivity contribution in [1.29, 1.82) is 0 Å². The van der Waals surface area contributed by atoms with Crippen LogP contribution in [0, 0.1) is 18.6 Å².